The molecule has 2 atom stereocenters. The Morgan fingerprint density at radius 1 is 1.86 bits per heavy atom. The number of rotatable bonds is 1. The topological polar surface area (TPSA) is 12.0 Å². The average Bonchev–Trinajstić information content (AvgIpc) is 1.65. The minimum atomic E-state index is 0.370. The maximum Gasteiger partial charge on any atom is 0.0708 e. The highest BCUT2D eigenvalue weighted by Crippen LogP contribution is 2.19. The summed E-state index contributed by atoms with van der Waals surface area (Å²) in [6, 6.07) is 0. The quantitative estimate of drug-likeness (QED) is 0.539. The number of alkyl halides is 1. The second kappa shape index (κ2) is 2.25. The Balaban J connectivity index is 2.16. The van der Waals surface area contributed by atoms with Crippen molar-refractivity contribution in [2.75, 3.05) is 12.8 Å². The van der Waals surface area contributed by atoms with Gasteiger partial charge in [-0.3, -0.25) is 0 Å². The van der Waals surface area contributed by atoms with Gasteiger partial charge in [-0.25, -0.2) is 0 Å². The van der Waals surface area contributed by atoms with Gasteiger partial charge in [-0.05, 0) is 6.26 Å². The van der Waals surface area contributed by atoms with E-state index in [-0.39, 0.29) is 0 Å². The summed E-state index contributed by atoms with van der Waals surface area (Å²) in [4.78, 5) is 0. The van der Waals surface area contributed by atoms with Gasteiger partial charge in [0.2, 0.25) is 0 Å². The van der Waals surface area contributed by atoms with Crippen LogP contribution in [0.5, 0.6) is 0 Å². The van der Waals surface area contributed by atoms with Crippen molar-refractivity contribution < 1.29 is 0 Å². The van der Waals surface area contributed by atoms with Gasteiger partial charge in [-0.15, -0.1) is 23.4 Å². The molecule has 0 aliphatic carbocycles. The fourth-order valence-corrected chi connectivity index (χ4v) is 1.68. The third kappa shape index (κ3) is 1.04. The lowest BCUT2D eigenvalue weighted by Gasteiger charge is -2.31. The first-order valence-electron chi connectivity index (χ1n) is 2.25. The fourth-order valence-electron chi connectivity index (χ4n) is 0.534. The molecule has 0 aromatic heterocycles. The Bertz CT molecular complexity index is 66.7. The molecule has 1 aliphatic heterocycles. The first-order valence-corrected chi connectivity index (χ1v) is 3.97. The number of halogens is 1. The van der Waals surface area contributed by atoms with Crippen LogP contribution in [0.15, 0.2) is 0 Å². The summed E-state index contributed by atoms with van der Waals surface area (Å²) >= 11 is 7.51. The van der Waals surface area contributed by atoms with E-state index in [1.807, 2.05) is 0 Å². The summed E-state index contributed by atoms with van der Waals surface area (Å²) in [6.45, 7) is 0.979. The monoisotopic (exact) mass is 137 g/mol. The van der Waals surface area contributed by atoms with Gasteiger partial charge in [0, 0.05) is 6.54 Å². The molecule has 1 heterocycles. The van der Waals surface area contributed by atoms with E-state index < -0.39 is 0 Å². The molecule has 0 amide bonds. The normalized spacial score (nSPS) is 40.3. The van der Waals surface area contributed by atoms with Crippen LogP contribution in [-0.4, -0.2) is 23.6 Å². The lowest BCUT2D eigenvalue weighted by Crippen LogP contribution is -2.51. The minimum Gasteiger partial charge on any atom is -0.303 e. The van der Waals surface area contributed by atoms with Gasteiger partial charge < -0.3 is 5.32 Å². The summed E-state index contributed by atoms with van der Waals surface area (Å²) in [5.74, 6) is 0. The van der Waals surface area contributed by atoms with E-state index in [2.05, 4.69) is 11.6 Å². The van der Waals surface area contributed by atoms with Crippen LogP contribution in [0.3, 0.4) is 0 Å². The molecule has 0 aromatic rings. The van der Waals surface area contributed by atoms with E-state index in [1.54, 1.807) is 11.8 Å². The number of hydrogen-bond acceptors (Lipinski definition) is 2. The van der Waals surface area contributed by atoms with Crippen LogP contribution in [0.2, 0.25) is 0 Å². The van der Waals surface area contributed by atoms with Gasteiger partial charge in [0.25, 0.3) is 0 Å². The molecular formula is C4H8ClNS. The largest absolute Gasteiger partial charge is 0.303 e. The maximum atomic E-state index is 5.73. The summed E-state index contributed by atoms with van der Waals surface area (Å²) in [5, 5.41) is 4.06. The summed E-state index contributed by atoms with van der Waals surface area (Å²) in [5.41, 5.74) is 0. The van der Waals surface area contributed by atoms with Gasteiger partial charge in [0.05, 0.1) is 10.8 Å². The Morgan fingerprint density at radius 3 is 2.57 bits per heavy atom. The van der Waals surface area contributed by atoms with Crippen molar-refractivity contribution in [1.82, 2.24) is 5.32 Å². The van der Waals surface area contributed by atoms with E-state index in [1.165, 1.54) is 0 Å². The van der Waals surface area contributed by atoms with Gasteiger partial charge in [0.1, 0.15) is 0 Å². The van der Waals surface area contributed by atoms with Crippen molar-refractivity contribution in [2.24, 2.45) is 0 Å². The standard InChI is InChI=1S/C4H8ClNS/c1-7-4-3(5)2-6-4/h3-4,6H,2H2,1H3/t3?,4-/m0/s1. The van der Waals surface area contributed by atoms with Crippen molar-refractivity contribution in [3.05, 3.63) is 0 Å². The van der Waals surface area contributed by atoms with Crippen molar-refractivity contribution in [3.8, 4) is 0 Å². The lowest BCUT2D eigenvalue weighted by molar-refractivity contribution is 0.496. The molecule has 1 aliphatic rings. The Hall–Kier alpha value is 0.600. The zero-order chi connectivity index (χ0) is 5.28. The minimum absolute atomic E-state index is 0.370. The van der Waals surface area contributed by atoms with Crippen molar-refractivity contribution in [2.45, 2.75) is 10.8 Å². The zero-order valence-corrected chi connectivity index (χ0v) is 5.72. The molecule has 7 heavy (non-hydrogen) atoms. The molecular weight excluding hydrogens is 130 g/mol. The molecule has 42 valence electrons. The molecule has 1 nitrogen and oxygen atoms in total. The van der Waals surface area contributed by atoms with E-state index in [0.717, 1.165) is 6.54 Å². The molecule has 0 radical (unpaired) electrons. The zero-order valence-electron chi connectivity index (χ0n) is 4.15. The highest BCUT2D eigenvalue weighted by Gasteiger charge is 2.26. The Kier molecular flexibility index (Phi) is 1.84. The fraction of sp³-hybridized carbons (Fsp3) is 1.00. The Morgan fingerprint density at radius 2 is 2.57 bits per heavy atom. The van der Waals surface area contributed by atoms with E-state index in [0.29, 0.717) is 10.8 Å². The van der Waals surface area contributed by atoms with Crippen molar-refractivity contribution in [3.63, 3.8) is 0 Å². The van der Waals surface area contributed by atoms with Gasteiger partial charge >= 0.3 is 0 Å². The summed E-state index contributed by atoms with van der Waals surface area (Å²) in [6.07, 6.45) is 2.06. The summed E-state index contributed by atoms with van der Waals surface area (Å²) < 4.78 is 0. The molecule has 1 fully saturated rings. The smallest absolute Gasteiger partial charge is 0.0708 e. The molecule has 0 spiro atoms. The number of nitrogens with one attached hydrogen (secondary N) is 1. The third-order valence-electron chi connectivity index (χ3n) is 1.10. The average molecular weight is 138 g/mol. The molecule has 1 rings (SSSR count). The van der Waals surface area contributed by atoms with Crippen molar-refractivity contribution in [1.29, 1.82) is 0 Å². The van der Waals surface area contributed by atoms with Crippen LogP contribution in [-0.2, 0) is 0 Å². The molecule has 1 saturated heterocycles. The summed E-state index contributed by atoms with van der Waals surface area (Å²) in [7, 11) is 0. The van der Waals surface area contributed by atoms with E-state index in [9.17, 15) is 0 Å². The molecule has 0 bridgehead atoms. The highest BCUT2D eigenvalue weighted by molar-refractivity contribution is 7.99. The number of hydrogen-bond donors (Lipinski definition) is 1. The van der Waals surface area contributed by atoms with Crippen LogP contribution in [0, 0.1) is 0 Å². The van der Waals surface area contributed by atoms with E-state index >= 15 is 0 Å². The molecule has 3 heteroatoms. The lowest BCUT2D eigenvalue weighted by atomic mass is 10.3. The molecule has 0 aromatic carbocycles. The first-order chi connectivity index (χ1) is 3.34. The Labute approximate surface area is 52.8 Å². The predicted octanol–water partition coefficient (Wildman–Crippen LogP) is 0.886. The van der Waals surface area contributed by atoms with Gasteiger partial charge in [-0.1, -0.05) is 0 Å². The van der Waals surface area contributed by atoms with Crippen LogP contribution in [0.4, 0.5) is 0 Å². The maximum absolute atomic E-state index is 5.73. The van der Waals surface area contributed by atoms with Crippen LogP contribution in [0.1, 0.15) is 0 Å². The van der Waals surface area contributed by atoms with Gasteiger partial charge in [-0.2, -0.15) is 0 Å². The molecule has 1 N–H and O–H groups in total. The van der Waals surface area contributed by atoms with Crippen molar-refractivity contribution >= 4 is 23.4 Å². The van der Waals surface area contributed by atoms with E-state index in [4.69, 9.17) is 11.6 Å². The second-order valence-corrected chi connectivity index (χ2v) is 3.12. The highest BCUT2D eigenvalue weighted by atomic mass is 35.5. The first kappa shape index (κ1) is 5.73. The van der Waals surface area contributed by atoms with Crippen LogP contribution in [0.25, 0.3) is 0 Å². The van der Waals surface area contributed by atoms with Gasteiger partial charge in [0.15, 0.2) is 0 Å². The number of thioether (sulfide) groups is 1. The molecule has 0 saturated carbocycles. The van der Waals surface area contributed by atoms with Crippen LogP contribution < -0.4 is 5.32 Å². The SMILES string of the molecule is CS[C@@H]1NCC1Cl. The predicted molar refractivity (Wildman–Crippen MR) is 34.9 cm³/mol. The van der Waals surface area contributed by atoms with Crippen LogP contribution >= 0.6 is 23.4 Å². The molecule has 1 unspecified atom stereocenters. The third-order valence-corrected chi connectivity index (χ3v) is 2.66. The second-order valence-electron chi connectivity index (χ2n) is 1.58.